The summed E-state index contributed by atoms with van der Waals surface area (Å²) in [5.41, 5.74) is 1.74. The molecule has 1 aliphatic rings. The molecule has 2 atom stereocenters. The van der Waals surface area contributed by atoms with Gasteiger partial charge in [-0.25, -0.2) is 0 Å². The number of benzene rings is 1. The van der Waals surface area contributed by atoms with E-state index in [2.05, 4.69) is 25.2 Å². The molecular formula is C15H20N2O. The second kappa shape index (κ2) is 4.99. The molecule has 0 bridgehead atoms. The Balaban J connectivity index is 2.06. The van der Waals surface area contributed by atoms with Crippen LogP contribution in [0.3, 0.4) is 0 Å². The third-order valence-electron chi connectivity index (χ3n) is 3.92. The largest absolute Gasteiger partial charge is 0.381 e. The van der Waals surface area contributed by atoms with Gasteiger partial charge in [-0.3, -0.25) is 0 Å². The SMILES string of the molecule is CCOC1CC(Nc2ccccc2C#N)C1(C)C. The molecule has 0 aliphatic heterocycles. The van der Waals surface area contributed by atoms with Crippen molar-refractivity contribution in [1.29, 1.82) is 5.26 Å². The molecular weight excluding hydrogens is 224 g/mol. The van der Waals surface area contributed by atoms with Crippen LogP contribution in [0.15, 0.2) is 24.3 Å². The van der Waals surface area contributed by atoms with Crippen molar-refractivity contribution in [1.82, 2.24) is 0 Å². The number of ether oxygens (including phenoxy) is 1. The van der Waals surface area contributed by atoms with Gasteiger partial charge in [-0.1, -0.05) is 26.0 Å². The van der Waals surface area contributed by atoms with Gasteiger partial charge < -0.3 is 10.1 Å². The smallest absolute Gasteiger partial charge is 0.101 e. The molecule has 1 aliphatic carbocycles. The van der Waals surface area contributed by atoms with E-state index < -0.39 is 0 Å². The summed E-state index contributed by atoms with van der Waals surface area (Å²) in [4.78, 5) is 0. The van der Waals surface area contributed by atoms with E-state index in [0.29, 0.717) is 17.7 Å². The van der Waals surface area contributed by atoms with E-state index in [1.54, 1.807) is 0 Å². The number of nitriles is 1. The fraction of sp³-hybridized carbons (Fsp3) is 0.533. The highest BCUT2D eigenvalue weighted by atomic mass is 16.5. The van der Waals surface area contributed by atoms with Crippen LogP contribution in [0.1, 0.15) is 32.8 Å². The Hall–Kier alpha value is -1.53. The van der Waals surface area contributed by atoms with Crippen LogP contribution < -0.4 is 5.32 Å². The molecule has 2 unspecified atom stereocenters. The van der Waals surface area contributed by atoms with Gasteiger partial charge in [0.1, 0.15) is 6.07 Å². The molecule has 1 aromatic carbocycles. The van der Waals surface area contributed by atoms with E-state index in [-0.39, 0.29) is 5.41 Å². The monoisotopic (exact) mass is 244 g/mol. The molecule has 3 heteroatoms. The predicted octanol–water partition coefficient (Wildman–Crippen LogP) is 3.17. The normalized spacial score (nSPS) is 25.0. The first kappa shape index (κ1) is 12.9. The highest BCUT2D eigenvalue weighted by molar-refractivity contribution is 5.58. The van der Waals surface area contributed by atoms with Crippen molar-refractivity contribution in [2.24, 2.45) is 5.41 Å². The average Bonchev–Trinajstić information content (AvgIpc) is 2.38. The molecule has 0 aromatic heterocycles. The zero-order valence-electron chi connectivity index (χ0n) is 11.2. The molecule has 1 N–H and O–H groups in total. The quantitative estimate of drug-likeness (QED) is 0.884. The van der Waals surface area contributed by atoms with E-state index in [9.17, 15) is 0 Å². The van der Waals surface area contributed by atoms with Crippen LogP contribution in [0.4, 0.5) is 5.69 Å². The van der Waals surface area contributed by atoms with Crippen LogP contribution in [0.25, 0.3) is 0 Å². The van der Waals surface area contributed by atoms with Crippen LogP contribution in [0.5, 0.6) is 0 Å². The summed E-state index contributed by atoms with van der Waals surface area (Å²) in [5.74, 6) is 0. The Kier molecular flexibility index (Phi) is 3.58. The molecule has 0 heterocycles. The molecule has 18 heavy (non-hydrogen) atoms. The van der Waals surface area contributed by atoms with Crippen LogP contribution in [-0.4, -0.2) is 18.8 Å². The second-order valence-corrected chi connectivity index (χ2v) is 5.36. The van der Waals surface area contributed by atoms with Gasteiger partial charge in [0.05, 0.1) is 17.4 Å². The van der Waals surface area contributed by atoms with Crippen molar-refractivity contribution < 1.29 is 4.74 Å². The van der Waals surface area contributed by atoms with Gasteiger partial charge in [0.25, 0.3) is 0 Å². The fourth-order valence-corrected chi connectivity index (χ4v) is 2.51. The van der Waals surface area contributed by atoms with E-state index in [1.165, 1.54) is 0 Å². The summed E-state index contributed by atoms with van der Waals surface area (Å²) >= 11 is 0. The zero-order chi connectivity index (χ0) is 13.2. The van der Waals surface area contributed by atoms with Gasteiger partial charge in [0, 0.05) is 18.1 Å². The minimum atomic E-state index is 0.110. The molecule has 1 aromatic rings. The lowest BCUT2D eigenvalue weighted by atomic mass is 9.64. The number of anilines is 1. The number of nitrogens with one attached hydrogen (secondary N) is 1. The van der Waals surface area contributed by atoms with E-state index in [1.807, 2.05) is 31.2 Å². The topological polar surface area (TPSA) is 45.0 Å². The zero-order valence-corrected chi connectivity index (χ0v) is 11.2. The summed E-state index contributed by atoms with van der Waals surface area (Å²) in [5, 5.41) is 12.5. The Morgan fingerprint density at radius 2 is 2.17 bits per heavy atom. The van der Waals surface area contributed by atoms with Crippen molar-refractivity contribution in [3.8, 4) is 6.07 Å². The molecule has 0 radical (unpaired) electrons. The van der Waals surface area contributed by atoms with Crippen molar-refractivity contribution >= 4 is 5.69 Å². The summed E-state index contributed by atoms with van der Waals surface area (Å²) in [7, 11) is 0. The number of rotatable bonds is 4. The van der Waals surface area contributed by atoms with Gasteiger partial charge in [-0.05, 0) is 25.5 Å². The van der Waals surface area contributed by atoms with Crippen molar-refractivity contribution in [2.75, 3.05) is 11.9 Å². The van der Waals surface area contributed by atoms with Crippen molar-refractivity contribution in [2.45, 2.75) is 39.3 Å². The molecule has 0 saturated heterocycles. The van der Waals surface area contributed by atoms with Gasteiger partial charge in [-0.2, -0.15) is 5.26 Å². The first-order chi connectivity index (χ1) is 8.59. The Morgan fingerprint density at radius 1 is 1.44 bits per heavy atom. The highest BCUT2D eigenvalue weighted by Gasteiger charge is 2.48. The molecule has 0 spiro atoms. The van der Waals surface area contributed by atoms with Crippen LogP contribution in [-0.2, 0) is 4.74 Å². The molecule has 1 saturated carbocycles. The van der Waals surface area contributed by atoms with Gasteiger partial charge in [0.2, 0.25) is 0 Å². The lowest BCUT2D eigenvalue weighted by Crippen LogP contribution is -2.58. The predicted molar refractivity (Wildman–Crippen MR) is 72.4 cm³/mol. The van der Waals surface area contributed by atoms with E-state index in [4.69, 9.17) is 10.00 Å². The Labute approximate surface area is 109 Å². The molecule has 1 fully saturated rings. The summed E-state index contributed by atoms with van der Waals surface area (Å²) in [6, 6.07) is 10.2. The first-order valence-electron chi connectivity index (χ1n) is 6.46. The van der Waals surface area contributed by atoms with Gasteiger partial charge >= 0.3 is 0 Å². The lowest BCUT2D eigenvalue weighted by molar-refractivity contribution is -0.0976. The summed E-state index contributed by atoms with van der Waals surface area (Å²) in [6.45, 7) is 7.21. The Morgan fingerprint density at radius 3 is 2.78 bits per heavy atom. The summed E-state index contributed by atoms with van der Waals surface area (Å²) < 4.78 is 5.71. The maximum Gasteiger partial charge on any atom is 0.101 e. The maximum absolute atomic E-state index is 9.07. The third-order valence-corrected chi connectivity index (χ3v) is 3.92. The average molecular weight is 244 g/mol. The number of para-hydroxylation sites is 1. The summed E-state index contributed by atoms with van der Waals surface area (Å²) in [6.07, 6.45) is 1.31. The number of nitrogens with zero attached hydrogens (tertiary/aromatic N) is 1. The molecule has 0 amide bonds. The molecule has 96 valence electrons. The van der Waals surface area contributed by atoms with Crippen LogP contribution in [0.2, 0.25) is 0 Å². The molecule has 2 rings (SSSR count). The van der Waals surface area contributed by atoms with Crippen LogP contribution >= 0.6 is 0 Å². The Bertz CT molecular complexity index is 462. The minimum absolute atomic E-state index is 0.110. The van der Waals surface area contributed by atoms with Gasteiger partial charge in [0.15, 0.2) is 0 Å². The molecule has 3 nitrogen and oxygen atoms in total. The maximum atomic E-state index is 9.07. The minimum Gasteiger partial charge on any atom is -0.381 e. The number of hydrogen-bond donors (Lipinski definition) is 1. The second-order valence-electron chi connectivity index (χ2n) is 5.36. The fourth-order valence-electron chi connectivity index (χ4n) is 2.51. The van der Waals surface area contributed by atoms with Crippen molar-refractivity contribution in [3.63, 3.8) is 0 Å². The van der Waals surface area contributed by atoms with Gasteiger partial charge in [-0.15, -0.1) is 0 Å². The van der Waals surface area contributed by atoms with Crippen molar-refractivity contribution in [3.05, 3.63) is 29.8 Å². The first-order valence-corrected chi connectivity index (χ1v) is 6.46. The standard InChI is InChI=1S/C15H20N2O/c1-4-18-14-9-13(15(14,2)3)17-12-8-6-5-7-11(12)10-16/h5-8,13-14,17H,4,9H2,1-3H3. The van der Waals surface area contributed by atoms with E-state index >= 15 is 0 Å². The van der Waals surface area contributed by atoms with E-state index in [0.717, 1.165) is 18.7 Å². The third kappa shape index (κ3) is 2.21. The highest BCUT2D eigenvalue weighted by Crippen LogP contribution is 2.44. The number of hydrogen-bond acceptors (Lipinski definition) is 3. The van der Waals surface area contributed by atoms with Crippen LogP contribution in [0, 0.1) is 16.7 Å². The lowest BCUT2D eigenvalue weighted by Gasteiger charge is -2.52.